The zero-order chi connectivity index (χ0) is 30.1. The Morgan fingerprint density at radius 1 is 0.467 bits per heavy atom. The first kappa shape index (κ1) is 25.1. The highest BCUT2D eigenvalue weighted by Crippen LogP contribution is 2.45. The van der Waals surface area contributed by atoms with Crippen molar-refractivity contribution in [2.45, 2.75) is 0 Å². The zero-order valence-corrected chi connectivity index (χ0v) is 24.0. The predicted molar refractivity (Wildman–Crippen MR) is 186 cm³/mol. The summed E-state index contributed by atoms with van der Waals surface area (Å²) < 4.78 is 6.49. The van der Waals surface area contributed by atoms with Crippen LogP contribution in [0.15, 0.2) is 138 Å². The van der Waals surface area contributed by atoms with Crippen LogP contribution in [0, 0.1) is 17.9 Å². The van der Waals surface area contributed by atoms with E-state index in [4.69, 9.17) is 11.0 Å². The van der Waals surface area contributed by atoms with Gasteiger partial charge < -0.3 is 4.42 Å². The minimum Gasteiger partial charge on any atom is -0.456 e. The van der Waals surface area contributed by atoms with E-state index in [0.29, 0.717) is 11.3 Å². The number of nitriles is 1. The quantitative estimate of drug-likeness (QED) is 0.153. The molecule has 3 heteroatoms. The smallest absolute Gasteiger partial charge is 0.202 e. The summed E-state index contributed by atoms with van der Waals surface area (Å²) in [6.07, 6.45) is 0. The third kappa shape index (κ3) is 3.56. The lowest BCUT2D eigenvalue weighted by molar-refractivity contribution is 0.669. The normalized spacial score (nSPS) is 11.5. The fourth-order valence-electron chi connectivity index (χ4n) is 7.18. The summed E-state index contributed by atoms with van der Waals surface area (Å²) in [7, 11) is 0. The van der Waals surface area contributed by atoms with Gasteiger partial charge in [0.2, 0.25) is 5.69 Å². The summed E-state index contributed by atoms with van der Waals surface area (Å²) in [5, 5.41) is 20.2. The van der Waals surface area contributed by atoms with E-state index in [1.54, 1.807) is 0 Å². The Balaban J connectivity index is 1.30. The van der Waals surface area contributed by atoms with Gasteiger partial charge in [0.15, 0.2) is 0 Å². The molecule has 0 aliphatic carbocycles. The molecule has 8 aromatic carbocycles. The Morgan fingerprint density at radius 3 is 1.47 bits per heavy atom. The molecular formula is C42H22N2O. The van der Waals surface area contributed by atoms with E-state index in [1.165, 1.54) is 0 Å². The summed E-state index contributed by atoms with van der Waals surface area (Å²) in [6.45, 7) is 7.94. The van der Waals surface area contributed by atoms with Crippen LogP contribution in [0.1, 0.15) is 5.56 Å². The van der Waals surface area contributed by atoms with Gasteiger partial charge in [-0.15, -0.1) is 0 Å². The molecule has 1 heterocycles. The highest BCUT2D eigenvalue weighted by Gasteiger charge is 2.19. The Labute approximate surface area is 258 Å². The van der Waals surface area contributed by atoms with Gasteiger partial charge in [-0.2, -0.15) is 5.26 Å². The van der Waals surface area contributed by atoms with Crippen molar-refractivity contribution in [2.24, 2.45) is 0 Å². The fraction of sp³-hybridized carbons (Fsp3) is 0. The van der Waals surface area contributed by atoms with Crippen molar-refractivity contribution >= 4 is 70.7 Å². The monoisotopic (exact) mass is 570 g/mol. The van der Waals surface area contributed by atoms with E-state index >= 15 is 0 Å². The van der Waals surface area contributed by atoms with Gasteiger partial charge in [0.1, 0.15) is 17.2 Å². The van der Waals surface area contributed by atoms with Crippen LogP contribution in [0.3, 0.4) is 0 Å². The van der Waals surface area contributed by atoms with Crippen molar-refractivity contribution in [1.82, 2.24) is 0 Å². The third-order valence-corrected chi connectivity index (χ3v) is 9.11. The molecule has 0 spiro atoms. The van der Waals surface area contributed by atoms with Crippen LogP contribution >= 0.6 is 0 Å². The Hall–Kier alpha value is -6.42. The molecule has 0 bridgehead atoms. The Bertz CT molecular complexity index is 2680. The maximum atomic E-state index is 10.1. The molecule has 0 saturated heterocycles. The zero-order valence-electron chi connectivity index (χ0n) is 24.0. The van der Waals surface area contributed by atoms with Gasteiger partial charge in [0.05, 0.1) is 12.1 Å². The van der Waals surface area contributed by atoms with Crippen molar-refractivity contribution in [3.05, 3.63) is 150 Å². The highest BCUT2D eigenvalue weighted by atomic mass is 16.3. The first-order valence-corrected chi connectivity index (χ1v) is 14.9. The average molecular weight is 571 g/mol. The van der Waals surface area contributed by atoms with Gasteiger partial charge in [-0.1, -0.05) is 109 Å². The molecule has 0 fully saturated rings. The van der Waals surface area contributed by atoms with Crippen molar-refractivity contribution in [3.8, 4) is 28.3 Å². The topological polar surface area (TPSA) is 41.3 Å². The van der Waals surface area contributed by atoms with E-state index < -0.39 is 0 Å². The van der Waals surface area contributed by atoms with Crippen molar-refractivity contribution < 1.29 is 4.42 Å². The van der Waals surface area contributed by atoms with E-state index in [1.807, 2.05) is 72.8 Å². The molecule has 0 saturated carbocycles. The summed E-state index contributed by atoms with van der Waals surface area (Å²) in [5.41, 5.74) is 7.38. The highest BCUT2D eigenvalue weighted by molar-refractivity contribution is 6.22. The molecule has 9 aromatic rings. The van der Waals surface area contributed by atoms with Crippen LogP contribution in [-0.2, 0) is 0 Å². The van der Waals surface area contributed by atoms with Gasteiger partial charge in [-0.25, -0.2) is 4.85 Å². The lowest BCUT2D eigenvalue weighted by Crippen LogP contribution is -1.90. The summed E-state index contributed by atoms with van der Waals surface area (Å²) >= 11 is 0. The van der Waals surface area contributed by atoms with Crippen LogP contribution in [0.25, 0.3) is 92.1 Å². The van der Waals surface area contributed by atoms with Gasteiger partial charge in [0.25, 0.3) is 0 Å². The molecular weight excluding hydrogens is 548 g/mol. The molecule has 0 N–H and O–H groups in total. The van der Waals surface area contributed by atoms with Crippen molar-refractivity contribution in [2.75, 3.05) is 0 Å². The van der Waals surface area contributed by atoms with Crippen LogP contribution in [0.4, 0.5) is 5.69 Å². The molecule has 206 valence electrons. The van der Waals surface area contributed by atoms with E-state index in [2.05, 4.69) is 71.6 Å². The first-order chi connectivity index (χ1) is 22.2. The standard InChI is InChI=1S/C42H22N2O/c1-44-42-34-16-8-6-14-32(34)41(33-15-7-9-17-35(33)42)26-18-20-29-36-22-25(19-21-38(36)45-39(29)23-26)40-30-12-4-2-10-27(30)37(24-43)28-11-3-5-13-31(28)40/h2-23H. The Kier molecular flexibility index (Phi) is 5.33. The summed E-state index contributed by atoms with van der Waals surface area (Å²) in [4.78, 5) is 3.94. The number of furan rings is 1. The Morgan fingerprint density at radius 2 is 0.933 bits per heavy atom. The molecule has 0 radical (unpaired) electrons. The lowest BCUT2D eigenvalue weighted by atomic mass is 9.88. The second kappa shape index (κ2) is 9.55. The van der Waals surface area contributed by atoms with Crippen LogP contribution < -0.4 is 0 Å². The van der Waals surface area contributed by atoms with E-state index in [0.717, 1.165) is 87.3 Å². The first-order valence-electron chi connectivity index (χ1n) is 14.9. The summed E-state index contributed by atoms with van der Waals surface area (Å²) in [6, 6.07) is 48.0. The van der Waals surface area contributed by atoms with Gasteiger partial charge in [-0.05, 0) is 78.8 Å². The minimum absolute atomic E-state index is 0.685. The number of benzene rings is 8. The molecule has 45 heavy (non-hydrogen) atoms. The number of hydrogen-bond donors (Lipinski definition) is 0. The average Bonchev–Trinajstić information content (AvgIpc) is 3.46. The number of hydrogen-bond acceptors (Lipinski definition) is 2. The minimum atomic E-state index is 0.685. The van der Waals surface area contributed by atoms with Crippen LogP contribution in [0.2, 0.25) is 0 Å². The molecule has 0 aliphatic rings. The van der Waals surface area contributed by atoms with Crippen LogP contribution in [-0.4, -0.2) is 0 Å². The number of fused-ring (bicyclic) bond motifs is 7. The van der Waals surface area contributed by atoms with E-state index in [9.17, 15) is 5.26 Å². The molecule has 1 aromatic heterocycles. The molecule has 0 aliphatic heterocycles. The molecule has 3 nitrogen and oxygen atoms in total. The predicted octanol–water partition coefficient (Wildman–Crippen LogP) is 12.0. The fourth-order valence-corrected chi connectivity index (χ4v) is 7.18. The number of nitrogens with zero attached hydrogens (tertiary/aromatic N) is 2. The number of rotatable bonds is 2. The van der Waals surface area contributed by atoms with Crippen molar-refractivity contribution in [1.29, 1.82) is 5.26 Å². The molecule has 9 rings (SSSR count). The second-order valence-corrected chi connectivity index (χ2v) is 11.4. The van der Waals surface area contributed by atoms with Gasteiger partial charge >= 0.3 is 0 Å². The summed E-state index contributed by atoms with van der Waals surface area (Å²) in [5.74, 6) is 0. The lowest BCUT2D eigenvalue weighted by Gasteiger charge is -2.14. The van der Waals surface area contributed by atoms with Gasteiger partial charge in [-0.3, -0.25) is 0 Å². The molecule has 0 atom stereocenters. The maximum Gasteiger partial charge on any atom is 0.202 e. The largest absolute Gasteiger partial charge is 0.456 e. The van der Waals surface area contributed by atoms with Gasteiger partial charge in [0, 0.05) is 21.5 Å². The maximum absolute atomic E-state index is 10.1. The second-order valence-electron chi connectivity index (χ2n) is 11.4. The molecule has 0 unspecified atom stereocenters. The molecule has 0 amide bonds. The van der Waals surface area contributed by atoms with Crippen molar-refractivity contribution in [3.63, 3.8) is 0 Å². The SMILES string of the molecule is [C-]#[N+]c1c2ccccc2c(-c2ccc3c(c2)oc2ccc(-c4c5ccccc5c(C#N)c5ccccc45)cc23)c2ccccc12. The van der Waals surface area contributed by atoms with Crippen LogP contribution in [0.5, 0.6) is 0 Å². The van der Waals surface area contributed by atoms with E-state index in [-0.39, 0.29) is 0 Å². The third-order valence-electron chi connectivity index (χ3n) is 9.11.